The maximum atomic E-state index is 11.8. The van der Waals surface area contributed by atoms with Gasteiger partial charge in [-0.1, -0.05) is 6.92 Å². The zero-order chi connectivity index (χ0) is 13.3. The lowest BCUT2D eigenvalue weighted by molar-refractivity contribution is -0.174. The number of hydrogen-bond acceptors (Lipinski definition) is 4. The van der Waals surface area contributed by atoms with Crippen LogP contribution in [0.2, 0.25) is 0 Å². The maximum Gasteiger partial charge on any atom is 0.411 e. The second-order valence-electron chi connectivity index (χ2n) is 3.43. The van der Waals surface area contributed by atoms with Crippen molar-refractivity contribution in [2.24, 2.45) is 0 Å². The van der Waals surface area contributed by atoms with Gasteiger partial charge in [-0.05, 0) is 6.54 Å². The minimum absolute atomic E-state index is 0.00543. The predicted molar refractivity (Wildman–Crippen MR) is 55.6 cm³/mol. The molecule has 17 heavy (non-hydrogen) atoms. The number of carbonyl (C=O) groups is 1. The molecule has 0 atom stereocenters. The molecule has 0 aromatic rings. The van der Waals surface area contributed by atoms with Gasteiger partial charge in [0, 0.05) is 13.1 Å². The molecule has 0 aliphatic heterocycles. The molecule has 0 rings (SSSR count). The summed E-state index contributed by atoms with van der Waals surface area (Å²) in [7, 11) is 1.30. The second-order valence-corrected chi connectivity index (χ2v) is 3.43. The van der Waals surface area contributed by atoms with Crippen molar-refractivity contribution in [2.45, 2.75) is 19.5 Å². The third-order valence-electron chi connectivity index (χ3n) is 2.12. The quantitative estimate of drug-likeness (QED) is 0.487. The van der Waals surface area contributed by atoms with Gasteiger partial charge in [-0.15, -0.1) is 0 Å². The molecule has 0 amide bonds. The molecular formula is C10H18F3NO3. The number of carbonyl (C=O) groups excluding carboxylic acids is 1. The number of nitrogens with zero attached hydrogens (tertiary/aromatic N) is 1. The van der Waals surface area contributed by atoms with Crippen LogP contribution in [-0.4, -0.2) is 57.0 Å². The Bertz CT molecular complexity index is 221. The monoisotopic (exact) mass is 257 g/mol. The van der Waals surface area contributed by atoms with E-state index in [1.807, 2.05) is 11.8 Å². The average molecular weight is 257 g/mol. The van der Waals surface area contributed by atoms with Crippen molar-refractivity contribution in [1.29, 1.82) is 0 Å². The molecular weight excluding hydrogens is 239 g/mol. The maximum absolute atomic E-state index is 11.8. The van der Waals surface area contributed by atoms with Crippen LogP contribution in [0.4, 0.5) is 13.2 Å². The van der Waals surface area contributed by atoms with E-state index in [4.69, 9.17) is 0 Å². The summed E-state index contributed by atoms with van der Waals surface area (Å²) in [5.74, 6) is -0.334. The summed E-state index contributed by atoms with van der Waals surface area (Å²) in [6, 6.07) is 0. The van der Waals surface area contributed by atoms with Crippen molar-refractivity contribution in [2.75, 3.05) is 40.0 Å². The minimum Gasteiger partial charge on any atom is -0.469 e. The summed E-state index contributed by atoms with van der Waals surface area (Å²) in [5, 5.41) is 0. The Labute approximate surface area is 98.7 Å². The zero-order valence-corrected chi connectivity index (χ0v) is 10.0. The summed E-state index contributed by atoms with van der Waals surface area (Å²) in [4.78, 5) is 12.7. The first-order valence-electron chi connectivity index (χ1n) is 5.32. The van der Waals surface area contributed by atoms with E-state index in [2.05, 4.69) is 9.47 Å². The molecule has 0 aromatic heterocycles. The normalized spacial score (nSPS) is 11.9. The minimum atomic E-state index is -4.29. The first kappa shape index (κ1) is 16.2. The SMILES string of the molecule is CCN(CCOCC(F)(F)F)CCC(=O)OC. The van der Waals surface area contributed by atoms with Crippen LogP contribution in [0.3, 0.4) is 0 Å². The number of halogens is 3. The molecule has 4 nitrogen and oxygen atoms in total. The number of hydrogen-bond donors (Lipinski definition) is 0. The van der Waals surface area contributed by atoms with Gasteiger partial charge >= 0.3 is 12.1 Å². The van der Waals surface area contributed by atoms with Gasteiger partial charge in [-0.2, -0.15) is 13.2 Å². The molecule has 0 radical (unpaired) electrons. The van der Waals surface area contributed by atoms with E-state index in [0.717, 1.165) is 0 Å². The van der Waals surface area contributed by atoms with Gasteiger partial charge < -0.3 is 14.4 Å². The molecule has 0 aliphatic carbocycles. The molecule has 0 saturated carbocycles. The van der Waals surface area contributed by atoms with Crippen LogP contribution >= 0.6 is 0 Å². The third kappa shape index (κ3) is 10.1. The van der Waals surface area contributed by atoms with Crippen molar-refractivity contribution >= 4 is 5.97 Å². The molecule has 0 spiro atoms. The van der Waals surface area contributed by atoms with Gasteiger partial charge in [-0.3, -0.25) is 4.79 Å². The Morgan fingerprint density at radius 2 is 1.94 bits per heavy atom. The van der Waals surface area contributed by atoms with E-state index in [1.165, 1.54) is 7.11 Å². The molecule has 0 saturated heterocycles. The standard InChI is InChI=1S/C10H18F3NO3/c1-3-14(5-4-9(15)16-2)6-7-17-8-10(11,12)13/h3-8H2,1-2H3. The summed E-state index contributed by atoms with van der Waals surface area (Å²) in [6.07, 6.45) is -4.06. The van der Waals surface area contributed by atoms with Crippen LogP contribution in [0.5, 0.6) is 0 Å². The van der Waals surface area contributed by atoms with Gasteiger partial charge in [0.2, 0.25) is 0 Å². The number of methoxy groups -OCH3 is 1. The fraction of sp³-hybridized carbons (Fsp3) is 0.900. The lowest BCUT2D eigenvalue weighted by atomic mass is 10.3. The summed E-state index contributed by atoms with van der Waals surface area (Å²) in [6.45, 7) is 2.09. The van der Waals surface area contributed by atoms with E-state index < -0.39 is 12.8 Å². The summed E-state index contributed by atoms with van der Waals surface area (Å²) < 4.78 is 44.2. The Morgan fingerprint density at radius 1 is 1.29 bits per heavy atom. The number of alkyl halides is 3. The van der Waals surface area contributed by atoms with Crippen molar-refractivity contribution < 1.29 is 27.4 Å². The number of rotatable bonds is 8. The lowest BCUT2D eigenvalue weighted by Gasteiger charge is -2.19. The Kier molecular flexibility index (Phi) is 7.90. The van der Waals surface area contributed by atoms with Crippen LogP contribution in [-0.2, 0) is 14.3 Å². The van der Waals surface area contributed by atoms with E-state index in [-0.39, 0.29) is 19.0 Å². The molecule has 102 valence electrons. The summed E-state index contributed by atoms with van der Waals surface area (Å²) >= 11 is 0. The molecule has 0 N–H and O–H groups in total. The molecule has 0 aromatic carbocycles. The second kappa shape index (κ2) is 8.30. The molecule has 0 heterocycles. The number of esters is 1. The van der Waals surface area contributed by atoms with Crippen LogP contribution in [0, 0.1) is 0 Å². The van der Waals surface area contributed by atoms with Crippen LogP contribution in [0.1, 0.15) is 13.3 Å². The van der Waals surface area contributed by atoms with E-state index in [1.54, 1.807) is 0 Å². The highest BCUT2D eigenvalue weighted by Crippen LogP contribution is 2.14. The Hall–Kier alpha value is -0.820. The fourth-order valence-electron chi connectivity index (χ4n) is 1.16. The van der Waals surface area contributed by atoms with Gasteiger partial charge in [0.05, 0.1) is 20.1 Å². The Morgan fingerprint density at radius 3 is 2.41 bits per heavy atom. The van der Waals surface area contributed by atoms with Crippen LogP contribution < -0.4 is 0 Å². The van der Waals surface area contributed by atoms with Crippen molar-refractivity contribution in [3.63, 3.8) is 0 Å². The number of likely N-dealkylation sites (N-methyl/N-ethyl adjacent to an activating group) is 1. The Balaban J connectivity index is 3.65. The third-order valence-corrected chi connectivity index (χ3v) is 2.12. The molecule has 0 unspecified atom stereocenters. The molecule has 7 heteroatoms. The van der Waals surface area contributed by atoms with Gasteiger partial charge in [0.1, 0.15) is 6.61 Å². The first-order valence-corrected chi connectivity index (χ1v) is 5.32. The average Bonchev–Trinajstić information content (AvgIpc) is 2.26. The van der Waals surface area contributed by atoms with Crippen molar-refractivity contribution in [3.05, 3.63) is 0 Å². The topological polar surface area (TPSA) is 38.8 Å². The predicted octanol–water partition coefficient (Wildman–Crippen LogP) is 1.45. The lowest BCUT2D eigenvalue weighted by Crippen LogP contribution is -2.31. The van der Waals surface area contributed by atoms with E-state index in [9.17, 15) is 18.0 Å². The molecule has 0 fully saturated rings. The molecule has 0 bridgehead atoms. The van der Waals surface area contributed by atoms with Gasteiger partial charge in [0.15, 0.2) is 0 Å². The van der Waals surface area contributed by atoms with Crippen LogP contribution in [0.25, 0.3) is 0 Å². The summed E-state index contributed by atoms with van der Waals surface area (Å²) in [5.41, 5.74) is 0. The number of ether oxygens (including phenoxy) is 2. The highest BCUT2D eigenvalue weighted by Gasteiger charge is 2.27. The highest BCUT2D eigenvalue weighted by molar-refractivity contribution is 5.69. The van der Waals surface area contributed by atoms with Crippen molar-refractivity contribution in [3.8, 4) is 0 Å². The van der Waals surface area contributed by atoms with Gasteiger partial charge in [0.25, 0.3) is 0 Å². The fourth-order valence-corrected chi connectivity index (χ4v) is 1.16. The first-order chi connectivity index (χ1) is 7.89. The smallest absolute Gasteiger partial charge is 0.411 e. The molecule has 0 aliphatic rings. The van der Waals surface area contributed by atoms with E-state index >= 15 is 0 Å². The van der Waals surface area contributed by atoms with E-state index in [0.29, 0.717) is 19.6 Å². The highest BCUT2D eigenvalue weighted by atomic mass is 19.4. The van der Waals surface area contributed by atoms with Crippen LogP contribution in [0.15, 0.2) is 0 Å². The van der Waals surface area contributed by atoms with Gasteiger partial charge in [-0.25, -0.2) is 0 Å². The van der Waals surface area contributed by atoms with Crippen molar-refractivity contribution in [1.82, 2.24) is 4.90 Å². The largest absolute Gasteiger partial charge is 0.469 e. The zero-order valence-electron chi connectivity index (χ0n) is 10.0.